The van der Waals surface area contributed by atoms with E-state index in [4.69, 9.17) is 16.3 Å². The molecule has 156 valence electrons. The minimum Gasteiger partial charge on any atom is -0.493 e. The first kappa shape index (κ1) is 20.5. The Kier molecular flexibility index (Phi) is 5.58. The molecule has 3 aromatic rings. The Morgan fingerprint density at radius 3 is 2.70 bits per heavy atom. The van der Waals surface area contributed by atoms with Crippen molar-refractivity contribution in [2.45, 2.75) is 13.3 Å². The second-order valence-electron chi connectivity index (χ2n) is 6.95. The van der Waals surface area contributed by atoms with Crippen molar-refractivity contribution in [2.75, 3.05) is 28.5 Å². The normalized spacial score (nSPS) is 15.3. The lowest BCUT2D eigenvalue weighted by molar-refractivity contribution is 0.102. The van der Waals surface area contributed by atoms with Crippen molar-refractivity contribution in [3.05, 3.63) is 65.2 Å². The summed E-state index contributed by atoms with van der Waals surface area (Å²) in [4.78, 5) is 13.2. The van der Waals surface area contributed by atoms with Crippen LogP contribution >= 0.6 is 11.6 Å². The highest BCUT2D eigenvalue weighted by molar-refractivity contribution is 7.93. The first-order valence-corrected chi connectivity index (χ1v) is 11.7. The zero-order valence-corrected chi connectivity index (χ0v) is 18.0. The summed E-state index contributed by atoms with van der Waals surface area (Å²) < 4.78 is 31.6. The fraction of sp³-hybridized carbons (Fsp3) is 0.227. The molecule has 0 atom stereocenters. The van der Waals surface area contributed by atoms with Crippen LogP contribution in [0.2, 0.25) is 5.02 Å². The quantitative estimate of drug-likeness (QED) is 0.619. The fourth-order valence-corrected chi connectivity index (χ4v) is 5.49. The minimum atomic E-state index is -3.39. The Balaban J connectivity index is 1.72. The maximum atomic E-state index is 13.2. The number of hydrogen-bond donors (Lipinski definition) is 1. The molecule has 30 heavy (non-hydrogen) atoms. The zero-order valence-electron chi connectivity index (χ0n) is 16.4. The average Bonchev–Trinajstić information content (AvgIpc) is 3.08. The molecule has 1 N–H and O–H groups in total. The van der Waals surface area contributed by atoms with Crippen LogP contribution in [0.1, 0.15) is 23.7 Å². The van der Waals surface area contributed by atoms with Crippen molar-refractivity contribution in [3.63, 3.8) is 0 Å². The summed E-state index contributed by atoms with van der Waals surface area (Å²) in [5.74, 6) is 0.242. The number of fused-ring (bicyclic) bond motifs is 1. The molecule has 6 nitrogen and oxygen atoms in total. The van der Waals surface area contributed by atoms with Crippen LogP contribution < -0.4 is 14.4 Å². The Labute approximate surface area is 180 Å². The van der Waals surface area contributed by atoms with E-state index in [1.54, 1.807) is 24.3 Å². The maximum Gasteiger partial charge on any atom is 0.260 e. The summed E-state index contributed by atoms with van der Waals surface area (Å²) in [6.07, 6.45) is 0.545. The van der Waals surface area contributed by atoms with Crippen molar-refractivity contribution in [1.82, 2.24) is 0 Å². The number of halogens is 1. The Bertz CT molecular complexity index is 1230. The van der Waals surface area contributed by atoms with Gasteiger partial charge in [0.05, 0.1) is 28.6 Å². The lowest BCUT2D eigenvalue weighted by atomic mass is 10.0. The van der Waals surface area contributed by atoms with Gasteiger partial charge in [-0.15, -0.1) is 0 Å². The molecule has 1 aliphatic heterocycles. The minimum absolute atomic E-state index is 0.0909. The number of nitrogens with zero attached hydrogens (tertiary/aromatic N) is 1. The first-order valence-electron chi connectivity index (χ1n) is 9.66. The van der Waals surface area contributed by atoms with Gasteiger partial charge in [0, 0.05) is 12.2 Å². The number of carbonyl (C=O) groups excluding carboxylic acids is 1. The van der Waals surface area contributed by atoms with Crippen LogP contribution in [0.15, 0.2) is 54.6 Å². The van der Waals surface area contributed by atoms with Gasteiger partial charge in [0.1, 0.15) is 5.75 Å². The van der Waals surface area contributed by atoms with E-state index in [2.05, 4.69) is 5.32 Å². The number of rotatable bonds is 5. The van der Waals surface area contributed by atoms with Gasteiger partial charge >= 0.3 is 0 Å². The Morgan fingerprint density at radius 1 is 1.17 bits per heavy atom. The molecule has 0 radical (unpaired) electrons. The van der Waals surface area contributed by atoms with Crippen LogP contribution in [0.5, 0.6) is 5.75 Å². The highest BCUT2D eigenvalue weighted by atomic mass is 35.5. The summed E-state index contributed by atoms with van der Waals surface area (Å²) in [5.41, 5.74) is 1.26. The SMILES string of the molecule is CCOc1ccc2ccccc2c1C(=O)Nc1ccc(Cl)c(N2CCCS2(=O)=O)c1. The molecule has 0 saturated carbocycles. The molecule has 1 aliphatic rings. The molecule has 0 unspecified atom stereocenters. The van der Waals surface area contributed by atoms with E-state index in [1.807, 2.05) is 37.3 Å². The average molecular weight is 445 g/mol. The third kappa shape index (κ3) is 3.82. The summed E-state index contributed by atoms with van der Waals surface area (Å²) >= 11 is 6.26. The molecule has 1 amide bonds. The van der Waals surface area contributed by atoms with Gasteiger partial charge in [0.15, 0.2) is 0 Å². The molecule has 0 bridgehead atoms. The van der Waals surface area contributed by atoms with Crippen molar-refractivity contribution in [3.8, 4) is 5.75 Å². The standard InChI is InChI=1S/C22H21ClN2O4S/c1-2-29-20-11-8-15-6-3-4-7-17(15)21(20)22(26)24-16-9-10-18(23)19(14-16)25-12-5-13-30(25,27)28/h3-4,6-11,14H,2,5,12-13H2,1H3,(H,24,26). The molecule has 1 saturated heterocycles. The predicted molar refractivity (Wildman–Crippen MR) is 120 cm³/mol. The van der Waals surface area contributed by atoms with Crippen molar-refractivity contribution in [2.24, 2.45) is 0 Å². The van der Waals surface area contributed by atoms with E-state index < -0.39 is 10.0 Å². The van der Waals surface area contributed by atoms with Gasteiger partial charge in [-0.25, -0.2) is 8.42 Å². The largest absolute Gasteiger partial charge is 0.493 e. The van der Waals surface area contributed by atoms with Gasteiger partial charge in [-0.1, -0.05) is 41.9 Å². The summed E-state index contributed by atoms with van der Waals surface area (Å²) in [6, 6.07) is 16.1. The lowest BCUT2D eigenvalue weighted by Crippen LogP contribution is -2.25. The van der Waals surface area contributed by atoms with Gasteiger partial charge in [-0.05, 0) is 48.4 Å². The number of nitrogens with one attached hydrogen (secondary N) is 1. The Hall–Kier alpha value is -2.77. The molecule has 4 rings (SSSR count). The van der Waals surface area contributed by atoms with Crippen LogP contribution in [-0.2, 0) is 10.0 Å². The van der Waals surface area contributed by atoms with Crippen LogP contribution in [0.3, 0.4) is 0 Å². The summed E-state index contributed by atoms with van der Waals surface area (Å²) in [5, 5.41) is 4.88. The molecule has 0 spiro atoms. The number of benzene rings is 3. The van der Waals surface area contributed by atoms with E-state index in [1.165, 1.54) is 4.31 Å². The maximum absolute atomic E-state index is 13.2. The summed E-state index contributed by atoms with van der Waals surface area (Å²) in [6.45, 7) is 2.66. The first-order chi connectivity index (χ1) is 14.4. The monoisotopic (exact) mass is 444 g/mol. The van der Waals surface area contributed by atoms with E-state index >= 15 is 0 Å². The number of amides is 1. The molecular formula is C22H21ClN2O4S. The number of hydrogen-bond acceptors (Lipinski definition) is 4. The van der Waals surface area contributed by atoms with E-state index in [0.29, 0.717) is 47.3 Å². The molecule has 0 aromatic heterocycles. The number of carbonyl (C=O) groups is 1. The second-order valence-corrected chi connectivity index (χ2v) is 9.37. The number of anilines is 2. The smallest absolute Gasteiger partial charge is 0.260 e. The molecule has 3 aromatic carbocycles. The predicted octanol–water partition coefficient (Wildman–Crippen LogP) is 4.68. The molecule has 1 heterocycles. The van der Waals surface area contributed by atoms with Crippen molar-refractivity contribution < 1.29 is 17.9 Å². The van der Waals surface area contributed by atoms with E-state index in [0.717, 1.165) is 10.8 Å². The molecular weight excluding hydrogens is 424 g/mol. The number of ether oxygens (including phenoxy) is 1. The van der Waals surface area contributed by atoms with Crippen LogP contribution in [0.4, 0.5) is 11.4 Å². The van der Waals surface area contributed by atoms with Gasteiger partial charge in [0.2, 0.25) is 10.0 Å². The van der Waals surface area contributed by atoms with Gasteiger partial charge in [0.25, 0.3) is 5.91 Å². The fourth-order valence-electron chi connectivity index (χ4n) is 3.65. The van der Waals surface area contributed by atoms with Gasteiger partial charge in [-0.2, -0.15) is 0 Å². The lowest BCUT2D eigenvalue weighted by Gasteiger charge is -2.20. The zero-order chi connectivity index (χ0) is 21.3. The van der Waals surface area contributed by atoms with Gasteiger partial charge < -0.3 is 10.1 Å². The topological polar surface area (TPSA) is 75.7 Å². The molecule has 8 heteroatoms. The molecule has 1 fully saturated rings. The van der Waals surface area contributed by atoms with E-state index in [9.17, 15) is 13.2 Å². The second kappa shape index (κ2) is 8.16. The summed E-state index contributed by atoms with van der Waals surface area (Å²) in [7, 11) is -3.39. The third-order valence-corrected chi connectivity index (χ3v) is 7.16. The number of sulfonamides is 1. The highest BCUT2D eigenvalue weighted by Gasteiger charge is 2.30. The third-order valence-electron chi connectivity index (χ3n) is 4.99. The van der Waals surface area contributed by atoms with Crippen molar-refractivity contribution in [1.29, 1.82) is 0 Å². The van der Waals surface area contributed by atoms with E-state index in [-0.39, 0.29) is 11.7 Å². The molecule has 0 aliphatic carbocycles. The van der Waals surface area contributed by atoms with Crippen molar-refractivity contribution >= 4 is 49.7 Å². The van der Waals surface area contributed by atoms with Gasteiger partial charge in [-0.3, -0.25) is 9.10 Å². The Morgan fingerprint density at radius 2 is 1.97 bits per heavy atom. The van der Waals surface area contributed by atoms with Crippen LogP contribution in [-0.4, -0.2) is 33.2 Å². The van der Waals surface area contributed by atoms with Crippen LogP contribution in [0.25, 0.3) is 10.8 Å². The van der Waals surface area contributed by atoms with Crippen LogP contribution in [0, 0.1) is 0 Å². The highest BCUT2D eigenvalue weighted by Crippen LogP contribution is 2.34.